The van der Waals surface area contributed by atoms with E-state index < -0.39 is 0 Å². The first-order valence-electron chi connectivity index (χ1n) is 4.85. The fourth-order valence-electron chi connectivity index (χ4n) is 2.05. The summed E-state index contributed by atoms with van der Waals surface area (Å²) < 4.78 is 0. The summed E-state index contributed by atoms with van der Waals surface area (Å²) in [6, 6.07) is 0. The molecule has 12 heavy (non-hydrogen) atoms. The summed E-state index contributed by atoms with van der Waals surface area (Å²) in [6.45, 7) is 10.4. The zero-order valence-electron chi connectivity index (χ0n) is 8.38. The van der Waals surface area contributed by atoms with Crippen LogP contribution < -0.4 is 0 Å². The van der Waals surface area contributed by atoms with Gasteiger partial charge in [-0.05, 0) is 37.5 Å². The van der Waals surface area contributed by atoms with E-state index in [1.165, 1.54) is 12.0 Å². The molecule has 1 aliphatic rings. The molecule has 0 aromatic carbocycles. The lowest BCUT2D eigenvalue weighted by Gasteiger charge is -2.36. The Morgan fingerprint density at radius 2 is 1.92 bits per heavy atom. The molecule has 0 bridgehead atoms. The van der Waals surface area contributed by atoms with Crippen molar-refractivity contribution in [1.29, 1.82) is 0 Å². The van der Waals surface area contributed by atoms with Crippen LogP contribution in [-0.4, -0.2) is 11.2 Å². The molecule has 0 saturated heterocycles. The molecular formula is C11H20O. The first kappa shape index (κ1) is 9.79. The zero-order valence-corrected chi connectivity index (χ0v) is 8.38. The Bertz CT molecular complexity index is 162. The number of aliphatic hydroxyl groups is 1. The fraction of sp³-hybridized carbons (Fsp3) is 0.818. The van der Waals surface area contributed by atoms with Gasteiger partial charge in [0.1, 0.15) is 0 Å². The molecule has 0 radical (unpaired) electrons. The van der Waals surface area contributed by atoms with E-state index in [0.717, 1.165) is 6.42 Å². The van der Waals surface area contributed by atoms with E-state index in [9.17, 15) is 5.11 Å². The van der Waals surface area contributed by atoms with Crippen LogP contribution >= 0.6 is 0 Å². The largest absolute Gasteiger partial charge is 0.393 e. The minimum atomic E-state index is -0.115. The van der Waals surface area contributed by atoms with Crippen LogP contribution in [0, 0.1) is 17.8 Å². The summed E-state index contributed by atoms with van der Waals surface area (Å²) in [4.78, 5) is 0. The molecule has 4 unspecified atom stereocenters. The molecule has 1 saturated carbocycles. The van der Waals surface area contributed by atoms with Crippen molar-refractivity contribution in [3.8, 4) is 0 Å². The van der Waals surface area contributed by atoms with Gasteiger partial charge >= 0.3 is 0 Å². The first-order valence-corrected chi connectivity index (χ1v) is 4.85. The average Bonchev–Trinajstić information content (AvgIpc) is 1.99. The maximum Gasteiger partial charge on any atom is 0.0574 e. The second-order valence-corrected chi connectivity index (χ2v) is 4.42. The molecule has 1 heteroatoms. The van der Waals surface area contributed by atoms with Gasteiger partial charge in [0, 0.05) is 0 Å². The predicted molar refractivity (Wildman–Crippen MR) is 51.9 cm³/mol. The van der Waals surface area contributed by atoms with E-state index in [0.29, 0.717) is 17.8 Å². The smallest absolute Gasteiger partial charge is 0.0574 e. The zero-order chi connectivity index (χ0) is 9.30. The van der Waals surface area contributed by atoms with E-state index in [4.69, 9.17) is 0 Å². The summed E-state index contributed by atoms with van der Waals surface area (Å²) in [6.07, 6.45) is 2.00. The van der Waals surface area contributed by atoms with Crippen molar-refractivity contribution in [2.45, 2.75) is 39.7 Å². The van der Waals surface area contributed by atoms with Crippen LogP contribution in [0.25, 0.3) is 0 Å². The number of hydrogen-bond acceptors (Lipinski definition) is 1. The molecule has 1 N–H and O–H groups in total. The Labute approximate surface area is 75.5 Å². The molecule has 1 aliphatic carbocycles. The van der Waals surface area contributed by atoms with Gasteiger partial charge in [0.05, 0.1) is 6.10 Å². The highest BCUT2D eigenvalue weighted by Crippen LogP contribution is 2.36. The molecule has 0 spiro atoms. The van der Waals surface area contributed by atoms with Gasteiger partial charge in [0.15, 0.2) is 0 Å². The van der Waals surface area contributed by atoms with E-state index in [-0.39, 0.29) is 6.10 Å². The molecule has 1 rings (SSSR count). The topological polar surface area (TPSA) is 20.2 Å². The van der Waals surface area contributed by atoms with Crippen molar-refractivity contribution in [3.63, 3.8) is 0 Å². The number of aliphatic hydroxyl groups excluding tert-OH is 1. The van der Waals surface area contributed by atoms with Gasteiger partial charge in [-0.2, -0.15) is 0 Å². The Hall–Kier alpha value is -0.300. The molecule has 1 nitrogen and oxygen atoms in total. The SMILES string of the molecule is C=C(C)C1CC(C)C(C)C(O)C1. The summed E-state index contributed by atoms with van der Waals surface area (Å²) in [7, 11) is 0. The third kappa shape index (κ3) is 1.89. The summed E-state index contributed by atoms with van der Waals surface area (Å²) in [5.41, 5.74) is 1.23. The minimum absolute atomic E-state index is 0.115. The van der Waals surface area contributed by atoms with E-state index in [1.807, 2.05) is 0 Å². The van der Waals surface area contributed by atoms with Crippen LogP contribution in [0.1, 0.15) is 33.6 Å². The van der Waals surface area contributed by atoms with E-state index >= 15 is 0 Å². The van der Waals surface area contributed by atoms with E-state index in [1.54, 1.807) is 0 Å². The summed E-state index contributed by atoms with van der Waals surface area (Å²) >= 11 is 0. The predicted octanol–water partition coefficient (Wildman–Crippen LogP) is 2.61. The molecular weight excluding hydrogens is 148 g/mol. The minimum Gasteiger partial charge on any atom is -0.393 e. The van der Waals surface area contributed by atoms with Gasteiger partial charge < -0.3 is 5.11 Å². The highest BCUT2D eigenvalue weighted by Gasteiger charge is 2.31. The van der Waals surface area contributed by atoms with Crippen LogP contribution in [0.3, 0.4) is 0 Å². The van der Waals surface area contributed by atoms with Crippen molar-refractivity contribution in [2.75, 3.05) is 0 Å². The van der Waals surface area contributed by atoms with Crippen LogP contribution in [0.2, 0.25) is 0 Å². The average molecular weight is 168 g/mol. The lowest BCUT2D eigenvalue weighted by molar-refractivity contribution is 0.0297. The summed E-state index contributed by atoms with van der Waals surface area (Å²) in [5, 5.41) is 9.73. The third-order valence-corrected chi connectivity index (χ3v) is 3.38. The quantitative estimate of drug-likeness (QED) is 0.597. The standard InChI is InChI=1S/C11H20O/c1-7(2)10-5-8(3)9(4)11(12)6-10/h8-12H,1,5-6H2,2-4H3. The Balaban J connectivity index is 2.59. The second kappa shape index (κ2) is 3.61. The Morgan fingerprint density at radius 3 is 2.33 bits per heavy atom. The van der Waals surface area contributed by atoms with Crippen molar-refractivity contribution in [1.82, 2.24) is 0 Å². The van der Waals surface area contributed by atoms with Crippen molar-refractivity contribution < 1.29 is 5.11 Å². The molecule has 4 atom stereocenters. The Morgan fingerprint density at radius 1 is 1.33 bits per heavy atom. The molecule has 0 aromatic heterocycles. The van der Waals surface area contributed by atoms with Gasteiger partial charge in [-0.3, -0.25) is 0 Å². The second-order valence-electron chi connectivity index (χ2n) is 4.42. The van der Waals surface area contributed by atoms with Gasteiger partial charge in [0.25, 0.3) is 0 Å². The number of allylic oxidation sites excluding steroid dienone is 1. The number of hydrogen-bond donors (Lipinski definition) is 1. The van der Waals surface area contributed by atoms with Gasteiger partial charge in [-0.1, -0.05) is 26.0 Å². The molecule has 1 fully saturated rings. The first-order chi connectivity index (χ1) is 5.52. The fourth-order valence-corrected chi connectivity index (χ4v) is 2.05. The van der Waals surface area contributed by atoms with E-state index in [2.05, 4.69) is 27.4 Å². The molecule has 0 aliphatic heterocycles. The van der Waals surface area contributed by atoms with Crippen molar-refractivity contribution in [3.05, 3.63) is 12.2 Å². The van der Waals surface area contributed by atoms with Crippen LogP contribution in [0.4, 0.5) is 0 Å². The van der Waals surface area contributed by atoms with Crippen molar-refractivity contribution >= 4 is 0 Å². The van der Waals surface area contributed by atoms with Crippen LogP contribution in [0.5, 0.6) is 0 Å². The van der Waals surface area contributed by atoms with Crippen molar-refractivity contribution in [2.24, 2.45) is 17.8 Å². The van der Waals surface area contributed by atoms with Gasteiger partial charge in [-0.15, -0.1) is 0 Å². The molecule has 0 heterocycles. The lowest BCUT2D eigenvalue weighted by atomic mass is 9.72. The number of rotatable bonds is 1. The molecule has 70 valence electrons. The normalized spacial score (nSPS) is 42.7. The maximum absolute atomic E-state index is 9.73. The van der Waals surface area contributed by atoms with Crippen LogP contribution in [0.15, 0.2) is 12.2 Å². The lowest BCUT2D eigenvalue weighted by Crippen LogP contribution is -2.33. The monoisotopic (exact) mass is 168 g/mol. The molecule has 0 amide bonds. The highest BCUT2D eigenvalue weighted by molar-refractivity contribution is 5.00. The highest BCUT2D eigenvalue weighted by atomic mass is 16.3. The Kier molecular flexibility index (Phi) is 2.94. The third-order valence-electron chi connectivity index (χ3n) is 3.38. The molecule has 0 aromatic rings. The summed E-state index contributed by atoms with van der Waals surface area (Å²) in [5.74, 6) is 1.64. The van der Waals surface area contributed by atoms with Gasteiger partial charge in [-0.25, -0.2) is 0 Å². The maximum atomic E-state index is 9.73. The van der Waals surface area contributed by atoms with Gasteiger partial charge in [0.2, 0.25) is 0 Å². The van der Waals surface area contributed by atoms with Crippen LogP contribution in [-0.2, 0) is 0 Å².